The molecule has 0 atom stereocenters. The number of hydrogen-bond donors (Lipinski definition) is 1. The highest BCUT2D eigenvalue weighted by Gasteiger charge is 2.32. The molecule has 16 heavy (non-hydrogen) atoms. The molecule has 1 aliphatic heterocycles. The average molecular weight is 221 g/mol. The highest BCUT2D eigenvalue weighted by molar-refractivity contribution is 5.64. The number of pyridine rings is 1. The first-order chi connectivity index (χ1) is 7.50. The van der Waals surface area contributed by atoms with Crippen LogP contribution in [0.3, 0.4) is 0 Å². The maximum atomic E-state index is 6.00. The minimum Gasteiger partial charge on any atom is -0.396 e. The van der Waals surface area contributed by atoms with Crippen molar-refractivity contribution in [3.8, 4) is 0 Å². The monoisotopic (exact) mass is 221 g/mol. The van der Waals surface area contributed by atoms with Crippen LogP contribution in [0.15, 0.2) is 12.1 Å². The zero-order chi connectivity index (χ0) is 11.8. The molecule has 1 aromatic rings. The summed E-state index contributed by atoms with van der Waals surface area (Å²) in [5.41, 5.74) is 7.68. The lowest BCUT2D eigenvalue weighted by molar-refractivity contribution is 0.0640. The fourth-order valence-electron chi connectivity index (χ4n) is 2.02. The largest absolute Gasteiger partial charge is 0.396 e. The van der Waals surface area contributed by atoms with E-state index in [0.717, 1.165) is 30.4 Å². The van der Waals surface area contributed by atoms with Crippen LogP contribution < -0.4 is 10.6 Å². The Morgan fingerprint density at radius 3 is 2.88 bits per heavy atom. The maximum Gasteiger partial charge on any atom is 0.152 e. The van der Waals surface area contributed by atoms with Gasteiger partial charge in [-0.05, 0) is 32.9 Å². The fraction of sp³-hybridized carbons (Fsp3) is 0.583. The van der Waals surface area contributed by atoms with Gasteiger partial charge in [-0.25, -0.2) is 4.98 Å². The summed E-state index contributed by atoms with van der Waals surface area (Å²) >= 11 is 0. The maximum absolute atomic E-state index is 6.00. The molecule has 1 aliphatic rings. The third kappa shape index (κ3) is 1.97. The molecule has 0 amide bonds. The molecule has 1 saturated heterocycles. The summed E-state index contributed by atoms with van der Waals surface area (Å²) in [7, 11) is 0. The van der Waals surface area contributed by atoms with E-state index < -0.39 is 0 Å². The molecule has 1 fully saturated rings. The van der Waals surface area contributed by atoms with E-state index in [4.69, 9.17) is 10.5 Å². The van der Waals surface area contributed by atoms with Crippen molar-refractivity contribution in [2.24, 2.45) is 0 Å². The van der Waals surface area contributed by atoms with Crippen molar-refractivity contribution in [1.82, 2.24) is 4.98 Å². The van der Waals surface area contributed by atoms with Gasteiger partial charge in [0.25, 0.3) is 0 Å². The predicted octanol–water partition coefficient (Wildman–Crippen LogP) is 1.59. The number of nitrogen functional groups attached to an aromatic ring is 1. The third-order valence-electron chi connectivity index (χ3n) is 2.95. The van der Waals surface area contributed by atoms with Gasteiger partial charge in [0.05, 0.1) is 24.4 Å². The van der Waals surface area contributed by atoms with E-state index in [1.165, 1.54) is 0 Å². The average Bonchev–Trinajstić information content (AvgIpc) is 2.22. The number of aryl methyl sites for hydroxylation is 1. The second kappa shape index (κ2) is 3.94. The van der Waals surface area contributed by atoms with Crippen LogP contribution >= 0.6 is 0 Å². The number of rotatable bonds is 1. The van der Waals surface area contributed by atoms with Gasteiger partial charge in [0.2, 0.25) is 0 Å². The molecule has 0 aliphatic carbocycles. The van der Waals surface area contributed by atoms with Gasteiger partial charge in [-0.1, -0.05) is 0 Å². The van der Waals surface area contributed by atoms with Gasteiger partial charge >= 0.3 is 0 Å². The summed E-state index contributed by atoms with van der Waals surface area (Å²) in [6.07, 6.45) is 0. The molecule has 0 bridgehead atoms. The van der Waals surface area contributed by atoms with Crippen molar-refractivity contribution in [1.29, 1.82) is 0 Å². The quantitative estimate of drug-likeness (QED) is 0.782. The van der Waals surface area contributed by atoms with E-state index >= 15 is 0 Å². The van der Waals surface area contributed by atoms with Gasteiger partial charge < -0.3 is 15.4 Å². The van der Waals surface area contributed by atoms with Crippen LogP contribution in [-0.2, 0) is 4.74 Å². The van der Waals surface area contributed by atoms with Crippen molar-refractivity contribution in [2.45, 2.75) is 26.3 Å². The SMILES string of the molecule is Cc1ccc(N)c(N2CCOCC2(C)C)n1. The highest BCUT2D eigenvalue weighted by Crippen LogP contribution is 2.29. The lowest BCUT2D eigenvalue weighted by atomic mass is 10.0. The van der Waals surface area contributed by atoms with Crippen molar-refractivity contribution >= 4 is 11.5 Å². The minimum absolute atomic E-state index is 0.0484. The van der Waals surface area contributed by atoms with Gasteiger partial charge in [0.15, 0.2) is 5.82 Å². The van der Waals surface area contributed by atoms with E-state index in [0.29, 0.717) is 6.61 Å². The zero-order valence-corrected chi connectivity index (χ0v) is 10.2. The molecule has 88 valence electrons. The molecule has 4 heteroatoms. The minimum atomic E-state index is -0.0484. The summed E-state index contributed by atoms with van der Waals surface area (Å²) in [5.74, 6) is 0.883. The Balaban J connectivity index is 2.38. The Kier molecular flexibility index (Phi) is 2.76. The van der Waals surface area contributed by atoms with Crippen LogP contribution in [0.2, 0.25) is 0 Å². The molecule has 0 radical (unpaired) electrons. The van der Waals surface area contributed by atoms with Crippen LogP contribution in [0, 0.1) is 6.92 Å². The smallest absolute Gasteiger partial charge is 0.152 e. The lowest BCUT2D eigenvalue weighted by Crippen LogP contribution is -2.53. The van der Waals surface area contributed by atoms with Crippen LogP contribution in [0.25, 0.3) is 0 Å². The second-order valence-corrected chi connectivity index (χ2v) is 4.88. The summed E-state index contributed by atoms with van der Waals surface area (Å²) in [6, 6.07) is 3.86. The molecule has 2 rings (SSSR count). The molecule has 0 saturated carbocycles. The molecule has 0 spiro atoms. The van der Waals surface area contributed by atoms with Crippen molar-refractivity contribution < 1.29 is 4.74 Å². The second-order valence-electron chi connectivity index (χ2n) is 4.88. The summed E-state index contributed by atoms with van der Waals surface area (Å²) in [4.78, 5) is 6.77. The van der Waals surface area contributed by atoms with Crippen molar-refractivity contribution in [2.75, 3.05) is 30.4 Å². The molecule has 4 nitrogen and oxygen atoms in total. The van der Waals surface area contributed by atoms with Gasteiger partial charge in [0, 0.05) is 12.2 Å². The number of nitrogens with zero attached hydrogens (tertiary/aromatic N) is 2. The van der Waals surface area contributed by atoms with Crippen LogP contribution in [-0.4, -0.2) is 30.3 Å². The molecule has 0 unspecified atom stereocenters. The first-order valence-electron chi connectivity index (χ1n) is 5.59. The number of ether oxygens (including phenoxy) is 1. The summed E-state index contributed by atoms with van der Waals surface area (Å²) < 4.78 is 5.50. The van der Waals surface area contributed by atoms with Gasteiger partial charge in [-0.2, -0.15) is 0 Å². The van der Waals surface area contributed by atoms with Crippen molar-refractivity contribution in [3.05, 3.63) is 17.8 Å². The van der Waals surface area contributed by atoms with E-state index in [1.807, 2.05) is 19.1 Å². The molecule has 1 aromatic heterocycles. The number of nitrogens with two attached hydrogens (primary N) is 1. The third-order valence-corrected chi connectivity index (χ3v) is 2.95. The van der Waals surface area contributed by atoms with E-state index in [2.05, 4.69) is 23.7 Å². The fourth-order valence-corrected chi connectivity index (χ4v) is 2.02. The van der Waals surface area contributed by atoms with E-state index in [9.17, 15) is 0 Å². The van der Waals surface area contributed by atoms with E-state index in [1.54, 1.807) is 0 Å². The van der Waals surface area contributed by atoms with Crippen LogP contribution in [0.5, 0.6) is 0 Å². The molecule has 0 aromatic carbocycles. The molecular formula is C12H19N3O. The van der Waals surface area contributed by atoms with E-state index in [-0.39, 0.29) is 5.54 Å². The number of hydrogen-bond acceptors (Lipinski definition) is 4. The number of aromatic nitrogens is 1. The topological polar surface area (TPSA) is 51.4 Å². The first kappa shape index (κ1) is 11.2. The Morgan fingerprint density at radius 2 is 2.19 bits per heavy atom. The summed E-state index contributed by atoms with van der Waals surface area (Å²) in [6.45, 7) is 8.57. The lowest BCUT2D eigenvalue weighted by Gasteiger charge is -2.43. The number of anilines is 2. The predicted molar refractivity (Wildman–Crippen MR) is 65.6 cm³/mol. The molecule has 2 N–H and O–H groups in total. The van der Waals surface area contributed by atoms with Gasteiger partial charge in [0.1, 0.15) is 0 Å². The molecular weight excluding hydrogens is 202 g/mol. The first-order valence-corrected chi connectivity index (χ1v) is 5.59. The summed E-state index contributed by atoms with van der Waals surface area (Å²) in [5, 5.41) is 0. The molecule has 2 heterocycles. The van der Waals surface area contributed by atoms with Crippen LogP contribution in [0.4, 0.5) is 11.5 Å². The Bertz CT molecular complexity index is 390. The highest BCUT2D eigenvalue weighted by atomic mass is 16.5. The normalized spacial score (nSPS) is 19.8. The Hall–Kier alpha value is -1.29. The number of morpholine rings is 1. The Labute approximate surface area is 96.4 Å². The standard InChI is InChI=1S/C12H19N3O/c1-9-4-5-10(13)11(14-9)15-6-7-16-8-12(15,2)3/h4-5H,6-8,13H2,1-3H3. The Morgan fingerprint density at radius 1 is 1.44 bits per heavy atom. The van der Waals surface area contributed by atoms with Gasteiger partial charge in [-0.3, -0.25) is 0 Å². The van der Waals surface area contributed by atoms with Crippen molar-refractivity contribution in [3.63, 3.8) is 0 Å². The van der Waals surface area contributed by atoms with Crippen LogP contribution in [0.1, 0.15) is 19.5 Å². The van der Waals surface area contributed by atoms with Gasteiger partial charge in [-0.15, -0.1) is 0 Å². The zero-order valence-electron chi connectivity index (χ0n) is 10.2.